The van der Waals surface area contributed by atoms with Crippen molar-refractivity contribution in [1.29, 1.82) is 0 Å². The molecule has 0 spiro atoms. The summed E-state index contributed by atoms with van der Waals surface area (Å²) in [6.45, 7) is 2.13. The van der Waals surface area contributed by atoms with E-state index in [-0.39, 0.29) is 29.7 Å². The molecule has 154 valence electrons. The van der Waals surface area contributed by atoms with E-state index in [4.69, 9.17) is 0 Å². The second-order valence-corrected chi connectivity index (χ2v) is 10.0. The lowest BCUT2D eigenvalue weighted by atomic mass is 10.0. The van der Waals surface area contributed by atoms with Crippen LogP contribution in [-0.4, -0.2) is 61.7 Å². The van der Waals surface area contributed by atoms with Gasteiger partial charge in [0.2, 0.25) is 21.8 Å². The Labute approximate surface area is 174 Å². The van der Waals surface area contributed by atoms with E-state index in [1.165, 1.54) is 16.4 Å². The zero-order chi connectivity index (χ0) is 20.1. The minimum Gasteiger partial charge on any atom is -0.354 e. The van der Waals surface area contributed by atoms with Gasteiger partial charge in [0, 0.05) is 37.1 Å². The van der Waals surface area contributed by atoms with E-state index in [9.17, 15) is 18.0 Å². The Kier molecular flexibility index (Phi) is 7.11. The van der Waals surface area contributed by atoms with Crippen LogP contribution in [0, 0.1) is 0 Å². The third-order valence-electron chi connectivity index (χ3n) is 5.27. The number of benzene rings is 1. The van der Waals surface area contributed by atoms with Crippen molar-refractivity contribution < 1.29 is 18.0 Å². The van der Waals surface area contributed by atoms with Gasteiger partial charge in [-0.05, 0) is 49.9 Å². The normalized spacial score (nSPS) is 20.9. The number of carbonyl (C=O) groups excluding carboxylic acids is 2. The van der Waals surface area contributed by atoms with Crippen LogP contribution >= 0.6 is 15.9 Å². The molecule has 1 N–H and O–H groups in total. The number of amides is 2. The van der Waals surface area contributed by atoms with Gasteiger partial charge in [-0.3, -0.25) is 9.59 Å². The van der Waals surface area contributed by atoms with Crippen molar-refractivity contribution in [3.8, 4) is 0 Å². The van der Waals surface area contributed by atoms with Crippen LogP contribution in [0.3, 0.4) is 0 Å². The molecule has 9 heteroatoms. The van der Waals surface area contributed by atoms with Crippen molar-refractivity contribution in [3.05, 3.63) is 28.7 Å². The maximum atomic E-state index is 13.0. The SMILES string of the molecule is O=C(NCCC(=O)N1CCCC1)C1CCCCN1S(=O)(=O)c1ccc(Br)cc1. The molecule has 2 heterocycles. The first-order valence-corrected chi connectivity index (χ1v) is 12.0. The molecule has 2 saturated heterocycles. The quantitative estimate of drug-likeness (QED) is 0.688. The largest absolute Gasteiger partial charge is 0.354 e. The van der Waals surface area contributed by atoms with Crippen LogP contribution in [0.1, 0.15) is 38.5 Å². The molecule has 2 fully saturated rings. The van der Waals surface area contributed by atoms with Crippen molar-refractivity contribution in [2.45, 2.75) is 49.5 Å². The first kappa shape index (κ1) is 21.3. The highest BCUT2D eigenvalue weighted by molar-refractivity contribution is 9.10. The summed E-state index contributed by atoms with van der Waals surface area (Å²) in [7, 11) is -3.75. The molecular formula is C19H26BrN3O4S. The minimum absolute atomic E-state index is 0.0424. The summed E-state index contributed by atoms with van der Waals surface area (Å²) >= 11 is 3.30. The van der Waals surface area contributed by atoms with E-state index < -0.39 is 16.1 Å². The predicted octanol–water partition coefficient (Wildman–Crippen LogP) is 2.12. The molecule has 28 heavy (non-hydrogen) atoms. The number of halogens is 1. The highest BCUT2D eigenvalue weighted by atomic mass is 79.9. The van der Waals surface area contributed by atoms with Crippen LogP contribution in [0.5, 0.6) is 0 Å². The van der Waals surface area contributed by atoms with Gasteiger partial charge in [-0.1, -0.05) is 22.4 Å². The summed E-state index contributed by atoms with van der Waals surface area (Å²) in [4.78, 5) is 26.8. The Morgan fingerprint density at radius 1 is 1.04 bits per heavy atom. The number of hydrogen-bond acceptors (Lipinski definition) is 4. The summed E-state index contributed by atoms with van der Waals surface area (Å²) in [5.41, 5.74) is 0. The standard InChI is InChI=1S/C19H26BrN3O4S/c20-15-6-8-16(9-7-15)28(26,27)23-14-2-1-5-17(23)19(25)21-11-10-18(24)22-12-3-4-13-22/h6-9,17H,1-5,10-14H2,(H,21,25). The van der Waals surface area contributed by atoms with E-state index >= 15 is 0 Å². The maximum Gasteiger partial charge on any atom is 0.243 e. The number of rotatable bonds is 6. The topological polar surface area (TPSA) is 86.8 Å². The molecule has 0 bridgehead atoms. The predicted molar refractivity (Wildman–Crippen MR) is 109 cm³/mol. The third-order valence-corrected chi connectivity index (χ3v) is 7.72. The van der Waals surface area contributed by atoms with Gasteiger partial charge in [-0.25, -0.2) is 8.42 Å². The average Bonchev–Trinajstić information content (AvgIpc) is 3.23. The number of likely N-dealkylation sites (tertiary alicyclic amines) is 1. The molecule has 2 aliphatic rings. The Morgan fingerprint density at radius 3 is 2.36 bits per heavy atom. The summed E-state index contributed by atoms with van der Waals surface area (Å²) in [6.07, 6.45) is 4.33. The number of sulfonamides is 1. The maximum absolute atomic E-state index is 13.0. The zero-order valence-corrected chi connectivity index (χ0v) is 18.2. The van der Waals surface area contributed by atoms with E-state index in [1.807, 2.05) is 4.90 Å². The first-order chi connectivity index (χ1) is 13.4. The Hall–Kier alpha value is -1.45. The van der Waals surface area contributed by atoms with E-state index in [0.717, 1.165) is 43.2 Å². The second-order valence-electron chi connectivity index (χ2n) is 7.21. The molecule has 1 unspecified atom stereocenters. The number of piperidine rings is 1. The molecule has 7 nitrogen and oxygen atoms in total. The fraction of sp³-hybridized carbons (Fsp3) is 0.579. The molecule has 2 amide bonds. The van der Waals surface area contributed by atoms with Crippen LogP contribution in [-0.2, 0) is 19.6 Å². The summed E-state index contributed by atoms with van der Waals surface area (Å²) < 4.78 is 28.2. The third kappa shape index (κ3) is 4.93. The number of carbonyl (C=O) groups is 2. The van der Waals surface area contributed by atoms with Crippen molar-refractivity contribution in [2.75, 3.05) is 26.2 Å². The molecule has 1 atom stereocenters. The Morgan fingerprint density at radius 2 is 1.68 bits per heavy atom. The fourth-order valence-corrected chi connectivity index (χ4v) is 5.65. The lowest BCUT2D eigenvalue weighted by Crippen LogP contribution is -2.52. The Bertz CT molecular complexity index is 807. The molecule has 0 aliphatic carbocycles. The highest BCUT2D eigenvalue weighted by Crippen LogP contribution is 2.26. The number of nitrogens with zero attached hydrogens (tertiary/aromatic N) is 2. The van der Waals surface area contributed by atoms with Crippen LogP contribution < -0.4 is 5.32 Å². The smallest absolute Gasteiger partial charge is 0.243 e. The van der Waals surface area contributed by atoms with Gasteiger partial charge in [-0.2, -0.15) is 4.31 Å². The van der Waals surface area contributed by atoms with Gasteiger partial charge in [0.25, 0.3) is 0 Å². The lowest BCUT2D eigenvalue weighted by molar-refractivity contribution is -0.130. The monoisotopic (exact) mass is 471 g/mol. The average molecular weight is 472 g/mol. The lowest BCUT2D eigenvalue weighted by Gasteiger charge is -2.33. The molecule has 3 rings (SSSR count). The van der Waals surface area contributed by atoms with Crippen LogP contribution in [0.4, 0.5) is 0 Å². The van der Waals surface area contributed by atoms with Gasteiger partial charge >= 0.3 is 0 Å². The summed E-state index contributed by atoms with van der Waals surface area (Å²) in [5.74, 6) is -0.282. The number of nitrogens with one attached hydrogen (secondary N) is 1. The number of hydrogen-bond donors (Lipinski definition) is 1. The van der Waals surface area contributed by atoms with Crippen LogP contribution in [0.25, 0.3) is 0 Å². The highest BCUT2D eigenvalue weighted by Gasteiger charge is 2.37. The van der Waals surface area contributed by atoms with Crippen LogP contribution in [0.2, 0.25) is 0 Å². The Balaban J connectivity index is 1.62. The van der Waals surface area contributed by atoms with Gasteiger partial charge < -0.3 is 10.2 Å². The first-order valence-electron chi connectivity index (χ1n) is 9.72. The van der Waals surface area contributed by atoms with Crippen molar-refractivity contribution in [2.24, 2.45) is 0 Å². The fourth-order valence-electron chi connectivity index (χ4n) is 3.73. The van der Waals surface area contributed by atoms with Gasteiger partial charge in [-0.15, -0.1) is 0 Å². The molecule has 1 aromatic rings. The minimum atomic E-state index is -3.75. The summed E-state index contributed by atoms with van der Waals surface area (Å²) in [6, 6.07) is 5.70. The van der Waals surface area contributed by atoms with Crippen molar-refractivity contribution in [1.82, 2.24) is 14.5 Å². The van der Waals surface area contributed by atoms with E-state index in [0.29, 0.717) is 13.0 Å². The van der Waals surface area contributed by atoms with E-state index in [2.05, 4.69) is 21.2 Å². The molecule has 0 aromatic heterocycles. The van der Waals surface area contributed by atoms with Crippen molar-refractivity contribution in [3.63, 3.8) is 0 Å². The molecule has 0 radical (unpaired) electrons. The molecular weight excluding hydrogens is 446 g/mol. The molecule has 1 aromatic carbocycles. The molecule has 2 aliphatic heterocycles. The van der Waals surface area contributed by atoms with Crippen LogP contribution in [0.15, 0.2) is 33.6 Å². The van der Waals surface area contributed by atoms with Gasteiger partial charge in [0.15, 0.2) is 0 Å². The van der Waals surface area contributed by atoms with Crippen molar-refractivity contribution >= 4 is 37.8 Å². The summed E-state index contributed by atoms with van der Waals surface area (Å²) in [5, 5.41) is 2.77. The zero-order valence-electron chi connectivity index (χ0n) is 15.8. The van der Waals surface area contributed by atoms with Gasteiger partial charge in [0.1, 0.15) is 6.04 Å². The second kappa shape index (κ2) is 9.37. The molecule has 0 saturated carbocycles. The van der Waals surface area contributed by atoms with Gasteiger partial charge in [0.05, 0.1) is 4.90 Å². The van der Waals surface area contributed by atoms with E-state index in [1.54, 1.807) is 12.1 Å².